The second-order valence-electron chi connectivity index (χ2n) is 8.95. The van der Waals surface area contributed by atoms with E-state index in [-0.39, 0.29) is 12.0 Å². The molecule has 0 unspecified atom stereocenters. The molecule has 2 aromatic carbocycles. The van der Waals surface area contributed by atoms with Gasteiger partial charge in [-0.1, -0.05) is 36.2 Å². The van der Waals surface area contributed by atoms with Crippen molar-refractivity contribution in [1.29, 1.82) is 0 Å². The summed E-state index contributed by atoms with van der Waals surface area (Å²) in [6, 6.07) is 16.0. The molecule has 0 saturated heterocycles. The van der Waals surface area contributed by atoms with Crippen LogP contribution in [0.25, 0.3) is 10.9 Å². The molecular formula is C27H32ClN3O2. The van der Waals surface area contributed by atoms with E-state index in [4.69, 9.17) is 16.3 Å². The highest BCUT2D eigenvalue weighted by Crippen LogP contribution is 2.30. The van der Waals surface area contributed by atoms with Gasteiger partial charge in [0.25, 0.3) is 0 Å². The summed E-state index contributed by atoms with van der Waals surface area (Å²) in [4.78, 5) is 19.6. The van der Waals surface area contributed by atoms with Crippen LogP contribution in [0.1, 0.15) is 44.6 Å². The zero-order valence-corrected chi connectivity index (χ0v) is 20.1. The number of carbonyl (C=O) groups excluding carboxylic acids is 1. The number of rotatable bonds is 10. The Morgan fingerprint density at radius 1 is 1.24 bits per heavy atom. The van der Waals surface area contributed by atoms with Crippen molar-refractivity contribution in [3.63, 3.8) is 0 Å². The first-order valence-corrected chi connectivity index (χ1v) is 12.1. The lowest BCUT2D eigenvalue weighted by Crippen LogP contribution is -2.39. The van der Waals surface area contributed by atoms with Crippen LogP contribution in [0.5, 0.6) is 5.75 Å². The van der Waals surface area contributed by atoms with Gasteiger partial charge in [-0.3, -0.25) is 9.78 Å². The van der Waals surface area contributed by atoms with Crippen molar-refractivity contribution in [3.05, 3.63) is 65.3 Å². The quantitative estimate of drug-likeness (QED) is 0.381. The van der Waals surface area contributed by atoms with Crippen molar-refractivity contribution in [2.75, 3.05) is 19.0 Å². The molecule has 3 aromatic rings. The second kappa shape index (κ2) is 10.9. The molecule has 1 aliphatic carbocycles. The van der Waals surface area contributed by atoms with Crippen molar-refractivity contribution in [1.82, 2.24) is 9.88 Å². The smallest absolute Gasteiger partial charge is 0.225 e. The van der Waals surface area contributed by atoms with E-state index in [2.05, 4.69) is 17.2 Å². The van der Waals surface area contributed by atoms with Crippen LogP contribution in [-0.2, 0) is 11.3 Å². The predicted molar refractivity (Wildman–Crippen MR) is 135 cm³/mol. The molecule has 1 N–H and O–H groups in total. The van der Waals surface area contributed by atoms with Crippen LogP contribution in [0.3, 0.4) is 0 Å². The zero-order valence-electron chi connectivity index (χ0n) is 19.4. The number of methoxy groups -OCH3 is 1. The number of carbonyl (C=O) groups is 1. The number of nitrogens with one attached hydrogen (secondary N) is 1. The Morgan fingerprint density at radius 2 is 2.03 bits per heavy atom. The molecule has 0 spiro atoms. The highest BCUT2D eigenvalue weighted by molar-refractivity contribution is 6.30. The highest BCUT2D eigenvalue weighted by Gasteiger charge is 2.29. The van der Waals surface area contributed by atoms with E-state index in [0.29, 0.717) is 12.5 Å². The molecule has 0 bridgehead atoms. The van der Waals surface area contributed by atoms with Crippen molar-refractivity contribution < 1.29 is 9.53 Å². The van der Waals surface area contributed by atoms with Crippen LogP contribution in [0.4, 0.5) is 5.69 Å². The van der Waals surface area contributed by atoms with Crippen LogP contribution in [0.15, 0.2) is 54.7 Å². The number of hydrogen-bond donors (Lipinski definition) is 1. The molecule has 1 fully saturated rings. The van der Waals surface area contributed by atoms with Crippen LogP contribution in [-0.4, -0.2) is 35.5 Å². The molecule has 174 valence electrons. The van der Waals surface area contributed by atoms with Gasteiger partial charge >= 0.3 is 0 Å². The van der Waals surface area contributed by atoms with Crippen molar-refractivity contribution >= 4 is 34.1 Å². The Bertz CT molecular complexity index is 1080. The largest absolute Gasteiger partial charge is 0.497 e. The van der Waals surface area contributed by atoms with Crippen molar-refractivity contribution in [2.24, 2.45) is 5.92 Å². The molecule has 1 saturated carbocycles. The molecule has 1 aromatic heterocycles. The molecule has 1 heterocycles. The first-order chi connectivity index (χ1) is 16.0. The average Bonchev–Trinajstić information content (AvgIpc) is 2.78. The number of anilines is 1. The fourth-order valence-electron chi connectivity index (χ4n) is 4.31. The van der Waals surface area contributed by atoms with Crippen molar-refractivity contribution in [2.45, 2.75) is 51.6 Å². The van der Waals surface area contributed by atoms with E-state index >= 15 is 0 Å². The minimum absolute atomic E-state index is 0.196. The van der Waals surface area contributed by atoms with Crippen LogP contribution >= 0.6 is 11.6 Å². The summed E-state index contributed by atoms with van der Waals surface area (Å²) >= 11 is 6.03. The minimum atomic E-state index is 0.196. The van der Waals surface area contributed by atoms with E-state index in [1.165, 1.54) is 0 Å². The molecule has 1 amide bonds. The van der Waals surface area contributed by atoms with Crippen molar-refractivity contribution in [3.8, 4) is 5.75 Å². The molecule has 0 radical (unpaired) electrons. The van der Waals surface area contributed by atoms with E-state index in [1.54, 1.807) is 7.11 Å². The van der Waals surface area contributed by atoms with E-state index < -0.39 is 0 Å². The Hall–Kier alpha value is -2.79. The number of amides is 1. The number of fused-ring (bicyclic) bond motifs is 1. The number of aromatic nitrogens is 1. The van der Waals surface area contributed by atoms with Gasteiger partial charge in [0.2, 0.25) is 5.91 Å². The lowest BCUT2D eigenvalue weighted by molar-refractivity contribution is -0.138. The van der Waals surface area contributed by atoms with Gasteiger partial charge in [0.05, 0.1) is 18.3 Å². The summed E-state index contributed by atoms with van der Waals surface area (Å²) in [5.74, 6) is 1.30. The number of nitrogens with zero attached hydrogens (tertiary/aromatic N) is 2. The lowest BCUT2D eigenvalue weighted by Gasteiger charge is -2.32. The Kier molecular flexibility index (Phi) is 7.71. The molecule has 6 heteroatoms. The third kappa shape index (κ3) is 5.97. The van der Waals surface area contributed by atoms with Gasteiger partial charge in [-0.2, -0.15) is 0 Å². The molecular weight excluding hydrogens is 434 g/mol. The van der Waals surface area contributed by atoms with Crippen LogP contribution in [0, 0.1) is 5.92 Å². The second-order valence-corrected chi connectivity index (χ2v) is 9.39. The summed E-state index contributed by atoms with van der Waals surface area (Å²) in [5, 5.41) is 5.37. The summed E-state index contributed by atoms with van der Waals surface area (Å²) < 4.78 is 5.47. The third-order valence-electron chi connectivity index (χ3n) is 6.43. The van der Waals surface area contributed by atoms with Gasteiger partial charge in [-0.25, -0.2) is 0 Å². The topological polar surface area (TPSA) is 54.5 Å². The molecule has 1 aliphatic rings. The number of hydrogen-bond acceptors (Lipinski definition) is 4. The van der Waals surface area contributed by atoms with E-state index in [0.717, 1.165) is 71.6 Å². The summed E-state index contributed by atoms with van der Waals surface area (Å²) in [6.45, 7) is 3.56. The zero-order chi connectivity index (χ0) is 23.2. The average molecular weight is 466 g/mol. The Labute approximate surface area is 201 Å². The maximum absolute atomic E-state index is 13.0. The van der Waals surface area contributed by atoms with Gasteiger partial charge in [-0.05, 0) is 62.4 Å². The molecule has 1 atom stereocenters. The summed E-state index contributed by atoms with van der Waals surface area (Å²) in [5.41, 5.74) is 3.03. The lowest BCUT2D eigenvalue weighted by atomic mass is 9.84. The minimum Gasteiger partial charge on any atom is -0.497 e. The van der Waals surface area contributed by atoms with E-state index in [9.17, 15) is 4.79 Å². The van der Waals surface area contributed by atoms with Gasteiger partial charge < -0.3 is 15.0 Å². The summed E-state index contributed by atoms with van der Waals surface area (Å²) in [6.07, 6.45) is 6.88. The predicted octanol–water partition coefficient (Wildman–Crippen LogP) is 6.31. The fourth-order valence-corrected chi connectivity index (χ4v) is 4.44. The molecule has 5 nitrogen and oxygen atoms in total. The molecule has 33 heavy (non-hydrogen) atoms. The maximum Gasteiger partial charge on any atom is 0.225 e. The number of benzene rings is 2. The van der Waals surface area contributed by atoms with Gasteiger partial charge in [-0.15, -0.1) is 0 Å². The number of pyridine rings is 1. The maximum atomic E-state index is 13.0. The van der Waals surface area contributed by atoms with Gasteiger partial charge in [0.1, 0.15) is 5.75 Å². The Balaban J connectivity index is 1.38. The SMILES string of the molecule is COc1cc(N[C@@H](C)CCCN(Cc2ccc(Cl)cc2)C(=O)C2CCC2)c2ncccc2c1. The first kappa shape index (κ1) is 23.4. The Morgan fingerprint density at radius 3 is 2.73 bits per heavy atom. The van der Waals surface area contributed by atoms with Gasteiger partial charge in [0.15, 0.2) is 0 Å². The standard InChI is InChI=1S/C27H32ClN3O2/c1-19(30-25-17-24(33-2)16-22-9-4-14-29-26(22)25)6-5-15-31(27(32)21-7-3-8-21)18-20-10-12-23(28)13-11-20/h4,9-14,16-17,19,21,30H,3,5-8,15,18H2,1-2H3/t19-/m0/s1. The third-order valence-corrected chi connectivity index (χ3v) is 6.69. The van der Waals surface area contributed by atoms with E-state index in [1.807, 2.05) is 59.6 Å². The van der Waals surface area contributed by atoms with Crippen LogP contribution in [0.2, 0.25) is 5.02 Å². The first-order valence-electron chi connectivity index (χ1n) is 11.8. The summed E-state index contributed by atoms with van der Waals surface area (Å²) in [7, 11) is 1.68. The normalized spacial score (nSPS) is 14.5. The molecule has 0 aliphatic heterocycles. The fraction of sp³-hybridized carbons (Fsp3) is 0.407. The van der Waals surface area contributed by atoms with Gasteiger partial charge in [0, 0.05) is 47.7 Å². The number of halogens is 1. The van der Waals surface area contributed by atoms with Crippen LogP contribution < -0.4 is 10.1 Å². The highest BCUT2D eigenvalue weighted by atomic mass is 35.5. The number of ether oxygens (including phenoxy) is 1. The molecule has 4 rings (SSSR count). The monoisotopic (exact) mass is 465 g/mol.